The summed E-state index contributed by atoms with van der Waals surface area (Å²) in [7, 11) is 0. The maximum Gasteiger partial charge on any atom is 0.137 e. The van der Waals surface area contributed by atoms with E-state index in [2.05, 4.69) is 6.92 Å². The molecule has 0 bridgehead atoms. The highest BCUT2D eigenvalue weighted by molar-refractivity contribution is 6.32. The van der Waals surface area contributed by atoms with Crippen molar-refractivity contribution in [2.24, 2.45) is 5.73 Å². The Morgan fingerprint density at radius 1 is 1.16 bits per heavy atom. The fourth-order valence-corrected chi connectivity index (χ4v) is 2.23. The zero-order chi connectivity index (χ0) is 14.1. The third kappa shape index (κ3) is 6.31. The van der Waals surface area contributed by atoms with Gasteiger partial charge in [0, 0.05) is 6.04 Å². The zero-order valence-electron chi connectivity index (χ0n) is 12.1. The molecule has 0 aliphatic heterocycles. The highest BCUT2D eigenvalue weighted by atomic mass is 35.5. The van der Waals surface area contributed by atoms with E-state index in [9.17, 15) is 0 Å². The summed E-state index contributed by atoms with van der Waals surface area (Å²) >= 11 is 6.17. The summed E-state index contributed by atoms with van der Waals surface area (Å²) in [6.07, 6.45) is 7.59. The van der Waals surface area contributed by atoms with Gasteiger partial charge in [0.05, 0.1) is 11.6 Å². The van der Waals surface area contributed by atoms with Crippen LogP contribution in [0.15, 0.2) is 18.2 Å². The third-order valence-electron chi connectivity index (χ3n) is 3.24. The first-order valence-electron chi connectivity index (χ1n) is 7.33. The average Bonchev–Trinajstić information content (AvgIpc) is 2.39. The SMILES string of the molecule is CCCCCCCCOc1ccc(C(C)N)cc1Cl. The van der Waals surface area contributed by atoms with Crippen LogP contribution in [0.3, 0.4) is 0 Å². The van der Waals surface area contributed by atoms with Crippen molar-refractivity contribution in [2.75, 3.05) is 6.61 Å². The fourth-order valence-electron chi connectivity index (χ4n) is 1.98. The molecule has 0 fully saturated rings. The van der Waals surface area contributed by atoms with E-state index in [0.717, 1.165) is 24.3 Å². The molecule has 0 amide bonds. The normalized spacial score (nSPS) is 12.4. The van der Waals surface area contributed by atoms with E-state index < -0.39 is 0 Å². The van der Waals surface area contributed by atoms with Crippen molar-refractivity contribution in [1.82, 2.24) is 0 Å². The summed E-state index contributed by atoms with van der Waals surface area (Å²) in [5.41, 5.74) is 6.85. The first kappa shape index (κ1) is 16.3. The molecular weight excluding hydrogens is 258 g/mol. The molecule has 0 aliphatic rings. The molecule has 0 spiro atoms. The minimum absolute atomic E-state index is 0.00474. The Morgan fingerprint density at radius 2 is 1.84 bits per heavy atom. The van der Waals surface area contributed by atoms with E-state index in [1.807, 2.05) is 25.1 Å². The van der Waals surface area contributed by atoms with Gasteiger partial charge >= 0.3 is 0 Å². The molecule has 1 rings (SSSR count). The van der Waals surface area contributed by atoms with Crippen LogP contribution in [0.5, 0.6) is 5.75 Å². The van der Waals surface area contributed by atoms with Gasteiger partial charge in [0.15, 0.2) is 0 Å². The van der Waals surface area contributed by atoms with Crippen molar-refractivity contribution in [3.05, 3.63) is 28.8 Å². The second kappa shape index (κ2) is 9.22. The van der Waals surface area contributed by atoms with Gasteiger partial charge in [-0.1, -0.05) is 56.7 Å². The van der Waals surface area contributed by atoms with Gasteiger partial charge in [-0.2, -0.15) is 0 Å². The zero-order valence-corrected chi connectivity index (χ0v) is 12.9. The van der Waals surface area contributed by atoms with Crippen LogP contribution in [0, 0.1) is 0 Å². The lowest BCUT2D eigenvalue weighted by atomic mass is 10.1. The summed E-state index contributed by atoms with van der Waals surface area (Å²) < 4.78 is 5.71. The summed E-state index contributed by atoms with van der Waals surface area (Å²) in [5, 5.41) is 0.654. The van der Waals surface area contributed by atoms with E-state index in [4.69, 9.17) is 22.1 Å². The Balaban J connectivity index is 2.26. The molecule has 108 valence electrons. The lowest BCUT2D eigenvalue weighted by Gasteiger charge is -2.11. The smallest absolute Gasteiger partial charge is 0.137 e. The second-order valence-corrected chi connectivity index (χ2v) is 5.50. The van der Waals surface area contributed by atoms with Crippen molar-refractivity contribution in [3.63, 3.8) is 0 Å². The van der Waals surface area contributed by atoms with Gasteiger partial charge in [0.1, 0.15) is 5.75 Å². The Labute approximate surface area is 122 Å². The van der Waals surface area contributed by atoms with Crippen LogP contribution in [-0.4, -0.2) is 6.61 Å². The van der Waals surface area contributed by atoms with Gasteiger partial charge in [-0.25, -0.2) is 0 Å². The quantitative estimate of drug-likeness (QED) is 0.640. The van der Waals surface area contributed by atoms with Crippen LogP contribution in [0.1, 0.15) is 64.0 Å². The summed E-state index contributed by atoms with van der Waals surface area (Å²) in [6, 6.07) is 5.79. The van der Waals surface area contributed by atoms with E-state index in [-0.39, 0.29) is 6.04 Å². The number of hydrogen-bond donors (Lipinski definition) is 1. The molecule has 0 saturated heterocycles. The molecule has 3 heteroatoms. The standard InChI is InChI=1S/C16H26ClNO/c1-3-4-5-6-7-8-11-19-16-10-9-14(13(2)18)12-15(16)17/h9-10,12-13H,3-8,11,18H2,1-2H3. The van der Waals surface area contributed by atoms with Crippen molar-refractivity contribution >= 4 is 11.6 Å². The first-order chi connectivity index (χ1) is 9.15. The largest absolute Gasteiger partial charge is 0.492 e. The lowest BCUT2D eigenvalue weighted by Crippen LogP contribution is -2.05. The van der Waals surface area contributed by atoms with Gasteiger partial charge in [-0.15, -0.1) is 0 Å². The van der Waals surface area contributed by atoms with E-state index in [1.54, 1.807) is 0 Å². The Kier molecular flexibility index (Phi) is 7.92. The maximum atomic E-state index is 6.17. The second-order valence-electron chi connectivity index (χ2n) is 5.09. The number of hydrogen-bond acceptors (Lipinski definition) is 2. The molecule has 2 nitrogen and oxygen atoms in total. The molecule has 0 aliphatic carbocycles. The molecule has 19 heavy (non-hydrogen) atoms. The molecule has 1 aromatic carbocycles. The minimum Gasteiger partial charge on any atom is -0.492 e. The molecule has 1 aromatic rings. The van der Waals surface area contributed by atoms with Crippen LogP contribution in [-0.2, 0) is 0 Å². The van der Waals surface area contributed by atoms with Crippen molar-refractivity contribution in [2.45, 2.75) is 58.4 Å². The highest BCUT2D eigenvalue weighted by Crippen LogP contribution is 2.27. The number of benzene rings is 1. The van der Waals surface area contributed by atoms with E-state index in [0.29, 0.717) is 5.02 Å². The molecule has 0 aromatic heterocycles. The highest BCUT2D eigenvalue weighted by Gasteiger charge is 2.05. The van der Waals surface area contributed by atoms with Crippen LogP contribution in [0.4, 0.5) is 0 Å². The number of nitrogens with two attached hydrogens (primary N) is 1. The molecule has 0 radical (unpaired) electrons. The maximum absolute atomic E-state index is 6.17. The van der Waals surface area contributed by atoms with Crippen molar-refractivity contribution in [1.29, 1.82) is 0 Å². The van der Waals surface area contributed by atoms with E-state index in [1.165, 1.54) is 32.1 Å². The van der Waals surface area contributed by atoms with Crippen LogP contribution in [0.25, 0.3) is 0 Å². The molecule has 0 heterocycles. The Morgan fingerprint density at radius 3 is 2.47 bits per heavy atom. The van der Waals surface area contributed by atoms with Crippen LogP contribution in [0.2, 0.25) is 5.02 Å². The van der Waals surface area contributed by atoms with E-state index >= 15 is 0 Å². The van der Waals surface area contributed by atoms with Gasteiger partial charge < -0.3 is 10.5 Å². The van der Waals surface area contributed by atoms with Gasteiger partial charge in [0.2, 0.25) is 0 Å². The monoisotopic (exact) mass is 283 g/mol. The Hall–Kier alpha value is -0.730. The molecule has 1 atom stereocenters. The first-order valence-corrected chi connectivity index (χ1v) is 7.70. The number of ether oxygens (including phenoxy) is 1. The van der Waals surface area contributed by atoms with Crippen molar-refractivity contribution in [3.8, 4) is 5.75 Å². The van der Waals surface area contributed by atoms with Gasteiger partial charge in [0.25, 0.3) is 0 Å². The van der Waals surface area contributed by atoms with Crippen molar-refractivity contribution < 1.29 is 4.74 Å². The average molecular weight is 284 g/mol. The van der Waals surface area contributed by atoms with Crippen LogP contribution < -0.4 is 10.5 Å². The number of halogens is 1. The Bertz CT molecular complexity index is 366. The third-order valence-corrected chi connectivity index (χ3v) is 3.53. The van der Waals surface area contributed by atoms with Gasteiger partial charge in [-0.3, -0.25) is 0 Å². The number of unbranched alkanes of at least 4 members (excludes halogenated alkanes) is 5. The van der Waals surface area contributed by atoms with Gasteiger partial charge in [-0.05, 0) is 31.0 Å². The summed E-state index contributed by atoms with van der Waals surface area (Å²) in [4.78, 5) is 0. The predicted octanol–water partition coefficient (Wildman–Crippen LogP) is 5.10. The lowest BCUT2D eigenvalue weighted by molar-refractivity contribution is 0.304. The molecule has 1 unspecified atom stereocenters. The minimum atomic E-state index is 0.00474. The topological polar surface area (TPSA) is 35.2 Å². The molecule has 0 saturated carbocycles. The molecule has 2 N–H and O–H groups in total. The fraction of sp³-hybridized carbons (Fsp3) is 0.625. The summed E-state index contributed by atoms with van der Waals surface area (Å²) in [5.74, 6) is 0.764. The molecular formula is C16H26ClNO. The summed E-state index contributed by atoms with van der Waals surface area (Å²) in [6.45, 7) is 4.92. The predicted molar refractivity (Wildman–Crippen MR) is 82.9 cm³/mol. The van der Waals surface area contributed by atoms with Crippen LogP contribution >= 0.6 is 11.6 Å². The number of rotatable bonds is 9.